The maximum absolute atomic E-state index is 13.6. The van der Waals surface area contributed by atoms with Gasteiger partial charge in [0.15, 0.2) is 0 Å². The zero-order chi connectivity index (χ0) is 13.5. The Morgan fingerprint density at radius 2 is 2.11 bits per heavy atom. The van der Waals surface area contributed by atoms with Crippen LogP contribution in [0.25, 0.3) is 0 Å². The fraction of sp³-hybridized carbons (Fsp3) is 0.357. The topological polar surface area (TPSA) is 29.1 Å². The number of unbranched alkanes of at least 4 members (excludes halogenated alkanes) is 2. The molecular formula is C14H15F2NO. The molecule has 0 bridgehead atoms. The van der Waals surface area contributed by atoms with Crippen molar-refractivity contribution in [3.63, 3.8) is 0 Å². The average Bonchev–Trinajstić information content (AvgIpc) is 2.34. The summed E-state index contributed by atoms with van der Waals surface area (Å²) in [5.74, 6) is 0.0960. The molecule has 0 aliphatic carbocycles. The van der Waals surface area contributed by atoms with E-state index in [0.717, 1.165) is 12.5 Å². The lowest BCUT2D eigenvalue weighted by Gasteiger charge is -2.08. The quantitative estimate of drug-likeness (QED) is 0.632. The molecule has 0 aliphatic heterocycles. The van der Waals surface area contributed by atoms with Crippen LogP contribution >= 0.6 is 0 Å². The maximum Gasteiger partial charge on any atom is 0.257 e. The smallest absolute Gasteiger partial charge is 0.257 e. The second-order valence-electron chi connectivity index (χ2n) is 3.97. The summed E-state index contributed by atoms with van der Waals surface area (Å²) < 4.78 is 27.0. The average molecular weight is 251 g/mol. The molecule has 96 valence electrons. The van der Waals surface area contributed by atoms with Gasteiger partial charge in [0.2, 0.25) is 0 Å². The summed E-state index contributed by atoms with van der Waals surface area (Å²) >= 11 is 0. The number of nitrogens with one attached hydrogen (secondary N) is 1. The minimum Gasteiger partial charge on any atom is -0.352 e. The van der Waals surface area contributed by atoms with Gasteiger partial charge >= 0.3 is 0 Å². The molecule has 1 N–H and O–H groups in total. The summed E-state index contributed by atoms with van der Waals surface area (Å²) in [6.45, 7) is 1.84. The van der Waals surface area contributed by atoms with Gasteiger partial charge in [-0.1, -0.05) is 6.07 Å². The molecule has 0 aromatic heterocycles. The van der Waals surface area contributed by atoms with Gasteiger partial charge in [0.25, 0.3) is 5.91 Å². The van der Waals surface area contributed by atoms with Crippen molar-refractivity contribution in [2.75, 3.05) is 6.54 Å². The third-order valence-corrected chi connectivity index (χ3v) is 2.54. The number of rotatable bonds is 5. The first-order valence-electron chi connectivity index (χ1n) is 5.74. The molecule has 0 heterocycles. The van der Waals surface area contributed by atoms with E-state index in [4.69, 9.17) is 6.42 Å². The minimum absolute atomic E-state index is 0.244. The van der Waals surface area contributed by atoms with Crippen LogP contribution in [0.1, 0.15) is 35.2 Å². The second-order valence-corrected chi connectivity index (χ2v) is 3.97. The van der Waals surface area contributed by atoms with Crippen LogP contribution in [0.15, 0.2) is 12.1 Å². The summed E-state index contributed by atoms with van der Waals surface area (Å²) in [6, 6.07) is 2.39. The fourth-order valence-electron chi connectivity index (χ4n) is 1.51. The first-order chi connectivity index (χ1) is 8.57. The fourth-order valence-corrected chi connectivity index (χ4v) is 1.51. The number of carbonyl (C=O) groups excluding carboxylic acids is 1. The summed E-state index contributed by atoms with van der Waals surface area (Å²) in [5.41, 5.74) is -0.277. The Bertz CT molecular complexity index is 477. The molecule has 0 radical (unpaired) electrons. The van der Waals surface area contributed by atoms with Gasteiger partial charge in [-0.05, 0) is 31.4 Å². The van der Waals surface area contributed by atoms with Crippen molar-refractivity contribution in [2.45, 2.75) is 26.2 Å². The molecule has 0 atom stereocenters. The number of terminal acetylenes is 1. The van der Waals surface area contributed by atoms with Crippen molar-refractivity contribution in [2.24, 2.45) is 0 Å². The molecule has 1 amide bonds. The third-order valence-electron chi connectivity index (χ3n) is 2.54. The van der Waals surface area contributed by atoms with Gasteiger partial charge in [0, 0.05) is 13.0 Å². The zero-order valence-electron chi connectivity index (χ0n) is 10.2. The summed E-state index contributed by atoms with van der Waals surface area (Å²) in [7, 11) is 0. The summed E-state index contributed by atoms with van der Waals surface area (Å²) in [6.07, 6.45) is 7.17. The molecule has 0 spiro atoms. The molecule has 1 rings (SSSR count). The Hall–Kier alpha value is -1.89. The van der Waals surface area contributed by atoms with Crippen molar-refractivity contribution < 1.29 is 13.6 Å². The van der Waals surface area contributed by atoms with E-state index in [-0.39, 0.29) is 5.56 Å². The number of hydrogen-bond acceptors (Lipinski definition) is 1. The molecule has 0 saturated carbocycles. The van der Waals surface area contributed by atoms with Gasteiger partial charge in [-0.25, -0.2) is 8.78 Å². The summed E-state index contributed by atoms with van der Waals surface area (Å²) in [4.78, 5) is 11.6. The first kappa shape index (κ1) is 14.2. The lowest BCUT2D eigenvalue weighted by molar-refractivity contribution is 0.0944. The third kappa shape index (κ3) is 3.56. The molecule has 0 saturated heterocycles. The molecule has 0 unspecified atom stereocenters. The van der Waals surface area contributed by atoms with Crippen LogP contribution in [0.3, 0.4) is 0 Å². The Balaban J connectivity index is 2.62. The second kappa shape index (κ2) is 6.75. The van der Waals surface area contributed by atoms with Crippen molar-refractivity contribution >= 4 is 5.91 Å². The number of aryl methyl sites for hydroxylation is 1. The van der Waals surface area contributed by atoms with E-state index in [1.54, 1.807) is 0 Å². The van der Waals surface area contributed by atoms with Gasteiger partial charge in [0.1, 0.15) is 17.2 Å². The van der Waals surface area contributed by atoms with E-state index < -0.39 is 23.1 Å². The van der Waals surface area contributed by atoms with Crippen LogP contribution in [-0.2, 0) is 0 Å². The number of benzene rings is 1. The standard InChI is InChI=1S/C14H15F2NO/c1-3-4-5-6-9-17-14(18)12-11(15)8-7-10(2)13(12)16/h1,7-8H,4-6,9H2,2H3,(H,17,18). The Kier molecular flexibility index (Phi) is 5.31. The maximum atomic E-state index is 13.6. The predicted molar refractivity (Wildman–Crippen MR) is 66.1 cm³/mol. The SMILES string of the molecule is C#CCCCCNC(=O)c1c(F)ccc(C)c1F. The molecule has 0 fully saturated rings. The summed E-state index contributed by atoms with van der Waals surface area (Å²) in [5, 5.41) is 2.48. The van der Waals surface area contributed by atoms with E-state index >= 15 is 0 Å². The highest BCUT2D eigenvalue weighted by Gasteiger charge is 2.18. The molecule has 2 nitrogen and oxygen atoms in total. The van der Waals surface area contributed by atoms with Crippen molar-refractivity contribution in [3.05, 3.63) is 34.9 Å². The Morgan fingerprint density at radius 1 is 1.39 bits per heavy atom. The van der Waals surface area contributed by atoms with E-state index in [0.29, 0.717) is 19.4 Å². The molecule has 4 heteroatoms. The van der Waals surface area contributed by atoms with Crippen molar-refractivity contribution in [1.29, 1.82) is 0 Å². The predicted octanol–water partition coefficient (Wildman–Crippen LogP) is 2.81. The van der Waals surface area contributed by atoms with Gasteiger partial charge in [-0.15, -0.1) is 12.3 Å². The normalized spacial score (nSPS) is 9.89. The van der Waals surface area contributed by atoms with Crippen LogP contribution in [0.4, 0.5) is 8.78 Å². The minimum atomic E-state index is -0.848. The molecule has 18 heavy (non-hydrogen) atoms. The van der Waals surface area contributed by atoms with E-state index in [1.165, 1.54) is 13.0 Å². The first-order valence-corrected chi connectivity index (χ1v) is 5.74. The molecule has 0 aliphatic rings. The van der Waals surface area contributed by atoms with Crippen molar-refractivity contribution in [1.82, 2.24) is 5.32 Å². The Labute approximate surface area is 105 Å². The largest absolute Gasteiger partial charge is 0.352 e. The number of hydrogen-bond donors (Lipinski definition) is 1. The molecule has 1 aromatic carbocycles. The molecular weight excluding hydrogens is 236 g/mol. The zero-order valence-corrected chi connectivity index (χ0v) is 10.2. The van der Waals surface area contributed by atoms with Gasteiger partial charge < -0.3 is 5.32 Å². The highest BCUT2D eigenvalue weighted by atomic mass is 19.1. The Morgan fingerprint density at radius 3 is 2.78 bits per heavy atom. The van der Waals surface area contributed by atoms with E-state index in [1.807, 2.05) is 0 Å². The van der Waals surface area contributed by atoms with Gasteiger partial charge in [-0.2, -0.15) is 0 Å². The van der Waals surface area contributed by atoms with Crippen molar-refractivity contribution in [3.8, 4) is 12.3 Å². The highest BCUT2D eigenvalue weighted by molar-refractivity contribution is 5.94. The van der Waals surface area contributed by atoms with Gasteiger partial charge in [0.05, 0.1) is 0 Å². The van der Waals surface area contributed by atoms with Crippen LogP contribution < -0.4 is 5.32 Å². The van der Waals surface area contributed by atoms with Crippen LogP contribution in [0.2, 0.25) is 0 Å². The lowest BCUT2D eigenvalue weighted by Crippen LogP contribution is -2.26. The number of carbonyl (C=O) groups is 1. The van der Waals surface area contributed by atoms with E-state index in [2.05, 4.69) is 11.2 Å². The number of amides is 1. The van der Waals surface area contributed by atoms with Crippen LogP contribution in [0, 0.1) is 30.9 Å². The lowest BCUT2D eigenvalue weighted by atomic mass is 10.1. The van der Waals surface area contributed by atoms with E-state index in [9.17, 15) is 13.6 Å². The molecule has 1 aromatic rings. The van der Waals surface area contributed by atoms with Crippen LogP contribution in [-0.4, -0.2) is 12.5 Å². The number of halogens is 2. The van der Waals surface area contributed by atoms with Gasteiger partial charge in [-0.3, -0.25) is 4.79 Å². The van der Waals surface area contributed by atoms with Crippen LogP contribution in [0.5, 0.6) is 0 Å². The monoisotopic (exact) mass is 251 g/mol. The highest BCUT2D eigenvalue weighted by Crippen LogP contribution is 2.16.